The van der Waals surface area contributed by atoms with Crippen LogP contribution in [-0.4, -0.2) is 34.9 Å². The summed E-state index contributed by atoms with van der Waals surface area (Å²) in [4.78, 5) is 20.8. The SMILES string of the molecule is Cc1[nH]nc2ccc(-c3nc(-c4ccccc4)[nH]c3-c3n[nH]c(=O)n3C3CC3)cc12.Cl. The lowest BCUT2D eigenvalue weighted by Gasteiger charge is -2.05. The number of hydrogen-bond acceptors (Lipinski definition) is 4. The fourth-order valence-electron chi connectivity index (χ4n) is 3.91. The van der Waals surface area contributed by atoms with Crippen LogP contribution in [0.2, 0.25) is 0 Å². The van der Waals surface area contributed by atoms with Crippen molar-refractivity contribution in [1.29, 1.82) is 0 Å². The molecule has 6 rings (SSSR count). The predicted octanol–water partition coefficient (Wildman–Crippen LogP) is 4.24. The van der Waals surface area contributed by atoms with Crippen molar-refractivity contribution < 1.29 is 0 Å². The molecule has 1 saturated carbocycles. The van der Waals surface area contributed by atoms with Crippen molar-refractivity contribution in [2.24, 2.45) is 0 Å². The number of fused-ring (bicyclic) bond motifs is 1. The van der Waals surface area contributed by atoms with Gasteiger partial charge in [0.15, 0.2) is 5.82 Å². The van der Waals surface area contributed by atoms with Crippen LogP contribution in [0.15, 0.2) is 53.3 Å². The highest BCUT2D eigenvalue weighted by atomic mass is 35.5. The van der Waals surface area contributed by atoms with Crippen molar-refractivity contribution in [2.75, 3.05) is 0 Å². The number of aryl methyl sites for hydroxylation is 1. The first-order valence-corrected chi connectivity index (χ1v) is 9.97. The number of aromatic nitrogens is 7. The van der Waals surface area contributed by atoms with Crippen LogP contribution in [0.4, 0.5) is 0 Å². The molecule has 0 bridgehead atoms. The molecular formula is C22H20ClN7O. The number of nitrogens with zero attached hydrogens (tertiary/aromatic N) is 4. The molecule has 0 aliphatic heterocycles. The molecule has 2 aromatic carbocycles. The second-order valence-electron chi connectivity index (χ2n) is 7.71. The van der Waals surface area contributed by atoms with E-state index in [2.05, 4.69) is 31.4 Å². The van der Waals surface area contributed by atoms with Gasteiger partial charge in [-0.05, 0) is 31.9 Å². The van der Waals surface area contributed by atoms with Crippen LogP contribution < -0.4 is 5.69 Å². The van der Waals surface area contributed by atoms with Crippen LogP contribution in [0.1, 0.15) is 24.6 Å². The molecule has 0 atom stereocenters. The minimum absolute atomic E-state index is 0. The summed E-state index contributed by atoms with van der Waals surface area (Å²) < 4.78 is 1.74. The molecule has 8 nitrogen and oxygen atoms in total. The normalized spacial score (nSPS) is 13.5. The Morgan fingerprint density at radius 3 is 2.58 bits per heavy atom. The van der Waals surface area contributed by atoms with Crippen molar-refractivity contribution in [1.82, 2.24) is 34.9 Å². The van der Waals surface area contributed by atoms with Crippen molar-refractivity contribution in [3.63, 3.8) is 0 Å². The molecule has 0 spiro atoms. The molecule has 0 amide bonds. The highest BCUT2D eigenvalue weighted by molar-refractivity contribution is 5.89. The Balaban J connectivity index is 0.00000204. The van der Waals surface area contributed by atoms with Gasteiger partial charge in [-0.15, -0.1) is 12.4 Å². The second kappa shape index (κ2) is 7.24. The summed E-state index contributed by atoms with van der Waals surface area (Å²) >= 11 is 0. The number of benzene rings is 2. The Kier molecular flexibility index (Phi) is 4.51. The van der Waals surface area contributed by atoms with Crippen LogP contribution in [0.25, 0.3) is 45.1 Å². The van der Waals surface area contributed by atoms with Gasteiger partial charge in [-0.1, -0.05) is 36.4 Å². The van der Waals surface area contributed by atoms with Crippen LogP contribution in [0, 0.1) is 6.92 Å². The number of aromatic amines is 3. The van der Waals surface area contributed by atoms with Gasteiger partial charge in [-0.2, -0.15) is 10.2 Å². The molecule has 0 saturated heterocycles. The first-order chi connectivity index (χ1) is 14.7. The van der Waals surface area contributed by atoms with E-state index in [4.69, 9.17) is 4.98 Å². The average Bonchev–Trinajstić information content (AvgIpc) is 3.22. The molecule has 3 heterocycles. The van der Waals surface area contributed by atoms with Crippen LogP contribution in [0.5, 0.6) is 0 Å². The standard InChI is InChI=1S/C22H19N7O.ClH/c1-12-16-11-14(7-10-17(16)26-25-12)18-19(21-27-28-22(30)29(21)15-8-9-15)24-20(23-18)13-5-3-2-4-6-13;/h2-7,10-11,15H,8-9H2,1H3,(H,23,24)(H,25,26)(H,28,30);1H. The predicted molar refractivity (Wildman–Crippen MR) is 121 cm³/mol. The van der Waals surface area contributed by atoms with Gasteiger partial charge in [0.25, 0.3) is 0 Å². The monoisotopic (exact) mass is 433 g/mol. The largest absolute Gasteiger partial charge is 0.343 e. The van der Waals surface area contributed by atoms with E-state index in [-0.39, 0.29) is 24.1 Å². The van der Waals surface area contributed by atoms with Crippen molar-refractivity contribution in [2.45, 2.75) is 25.8 Å². The Bertz CT molecular complexity index is 1440. The number of imidazole rings is 1. The molecule has 1 aliphatic carbocycles. The van der Waals surface area contributed by atoms with E-state index in [9.17, 15) is 4.79 Å². The Morgan fingerprint density at radius 1 is 1.00 bits per heavy atom. The van der Waals surface area contributed by atoms with Gasteiger partial charge in [-0.3, -0.25) is 9.67 Å². The topological polar surface area (TPSA) is 108 Å². The molecule has 31 heavy (non-hydrogen) atoms. The van der Waals surface area contributed by atoms with Crippen LogP contribution in [-0.2, 0) is 0 Å². The maximum atomic E-state index is 12.4. The van der Waals surface area contributed by atoms with E-state index < -0.39 is 0 Å². The van der Waals surface area contributed by atoms with E-state index >= 15 is 0 Å². The second-order valence-corrected chi connectivity index (χ2v) is 7.71. The summed E-state index contributed by atoms with van der Waals surface area (Å²) in [5.41, 5.74) is 5.14. The van der Waals surface area contributed by atoms with E-state index in [1.54, 1.807) is 4.57 Å². The summed E-state index contributed by atoms with van der Waals surface area (Å²) in [6.45, 7) is 2.00. The fourth-order valence-corrected chi connectivity index (χ4v) is 3.91. The third-order valence-corrected chi connectivity index (χ3v) is 5.61. The van der Waals surface area contributed by atoms with Gasteiger partial charge >= 0.3 is 5.69 Å². The zero-order valence-corrected chi connectivity index (χ0v) is 17.5. The molecule has 3 aromatic heterocycles. The van der Waals surface area contributed by atoms with Gasteiger partial charge in [-0.25, -0.2) is 14.9 Å². The summed E-state index contributed by atoms with van der Waals surface area (Å²) in [6.07, 6.45) is 1.98. The maximum absolute atomic E-state index is 12.4. The third kappa shape index (κ3) is 3.16. The molecule has 0 radical (unpaired) electrons. The maximum Gasteiger partial charge on any atom is 0.343 e. The highest BCUT2D eigenvalue weighted by Gasteiger charge is 2.31. The minimum Gasteiger partial charge on any atom is -0.335 e. The number of rotatable bonds is 4. The van der Waals surface area contributed by atoms with E-state index in [1.165, 1.54) is 0 Å². The quantitative estimate of drug-likeness (QED) is 0.394. The summed E-state index contributed by atoms with van der Waals surface area (Å²) in [5.74, 6) is 1.33. The van der Waals surface area contributed by atoms with Gasteiger partial charge in [0.05, 0.1) is 5.52 Å². The number of H-pyrrole nitrogens is 3. The zero-order valence-electron chi connectivity index (χ0n) is 16.7. The number of hydrogen-bond donors (Lipinski definition) is 3. The molecule has 1 aliphatic rings. The van der Waals surface area contributed by atoms with Gasteiger partial charge in [0, 0.05) is 28.2 Å². The molecule has 9 heteroatoms. The molecule has 1 fully saturated rings. The molecule has 156 valence electrons. The highest BCUT2D eigenvalue weighted by Crippen LogP contribution is 2.39. The lowest BCUT2D eigenvalue weighted by atomic mass is 10.1. The molecule has 5 aromatic rings. The van der Waals surface area contributed by atoms with Gasteiger partial charge < -0.3 is 4.98 Å². The smallest absolute Gasteiger partial charge is 0.335 e. The molecule has 3 N–H and O–H groups in total. The third-order valence-electron chi connectivity index (χ3n) is 5.61. The number of nitrogens with one attached hydrogen (secondary N) is 3. The average molecular weight is 434 g/mol. The lowest BCUT2D eigenvalue weighted by molar-refractivity contribution is 0.715. The first kappa shape index (κ1) is 19.3. The first-order valence-electron chi connectivity index (χ1n) is 9.97. The van der Waals surface area contributed by atoms with Crippen molar-refractivity contribution in [3.8, 4) is 34.2 Å². The van der Waals surface area contributed by atoms with Crippen LogP contribution >= 0.6 is 12.4 Å². The Morgan fingerprint density at radius 2 is 1.81 bits per heavy atom. The van der Waals surface area contributed by atoms with Crippen molar-refractivity contribution >= 4 is 23.3 Å². The summed E-state index contributed by atoms with van der Waals surface area (Å²) in [7, 11) is 0. The summed E-state index contributed by atoms with van der Waals surface area (Å²) in [6, 6.07) is 16.2. The Hall–Kier alpha value is -3.65. The zero-order chi connectivity index (χ0) is 20.2. The molecule has 0 unspecified atom stereocenters. The molecular weight excluding hydrogens is 414 g/mol. The van der Waals surface area contributed by atoms with Crippen LogP contribution in [0.3, 0.4) is 0 Å². The lowest BCUT2D eigenvalue weighted by Crippen LogP contribution is -2.16. The minimum atomic E-state index is -0.185. The summed E-state index contributed by atoms with van der Waals surface area (Å²) in [5, 5.41) is 15.4. The van der Waals surface area contributed by atoms with Crippen molar-refractivity contribution in [3.05, 3.63) is 64.7 Å². The van der Waals surface area contributed by atoms with E-state index in [0.717, 1.165) is 57.8 Å². The van der Waals surface area contributed by atoms with Gasteiger partial charge in [0.2, 0.25) is 0 Å². The number of halogens is 1. The fraction of sp³-hybridized carbons (Fsp3) is 0.182. The van der Waals surface area contributed by atoms with E-state index in [0.29, 0.717) is 5.82 Å². The Labute approximate surface area is 183 Å². The van der Waals surface area contributed by atoms with Gasteiger partial charge in [0.1, 0.15) is 17.2 Å². The van der Waals surface area contributed by atoms with E-state index in [1.807, 2.05) is 49.4 Å².